The Morgan fingerprint density at radius 2 is 2.00 bits per heavy atom. The Bertz CT molecular complexity index is 793. The van der Waals surface area contributed by atoms with E-state index in [4.69, 9.17) is 11.7 Å². The maximum absolute atomic E-state index is 12.1. The topological polar surface area (TPSA) is 99.0 Å². The molecular weight excluding hydrogens is 262 g/mol. The van der Waals surface area contributed by atoms with E-state index in [1.54, 1.807) is 6.07 Å². The van der Waals surface area contributed by atoms with Crippen LogP contribution >= 0.6 is 11.3 Å². The summed E-state index contributed by atoms with van der Waals surface area (Å²) in [6.07, 6.45) is 0. The van der Waals surface area contributed by atoms with Crippen LogP contribution in [0.15, 0.2) is 41.2 Å². The maximum Gasteiger partial charge on any atom is 0.282 e. The van der Waals surface area contributed by atoms with Crippen LogP contribution in [0.4, 0.5) is 5.95 Å². The Morgan fingerprint density at radius 3 is 2.68 bits per heavy atom. The zero-order valence-electron chi connectivity index (χ0n) is 9.83. The highest BCUT2D eigenvalue weighted by atomic mass is 32.1. The van der Waals surface area contributed by atoms with Gasteiger partial charge in [0.05, 0.1) is 5.39 Å². The van der Waals surface area contributed by atoms with Gasteiger partial charge in [0.15, 0.2) is 0 Å². The molecule has 0 radical (unpaired) electrons. The van der Waals surface area contributed by atoms with Gasteiger partial charge in [0, 0.05) is 4.88 Å². The number of hydrogen-bond donors (Lipinski definition) is 3. The first-order chi connectivity index (χ1) is 9.20. The Kier molecular flexibility index (Phi) is 2.69. The average Bonchev–Trinajstić information content (AvgIpc) is 2.88. The summed E-state index contributed by atoms with van der Waals surface area (Å²) >= 11 is 1.43. The molecule has 96 valence electrons. The minimum atomic E-state index is -0.323. The quantitative estimate of drug-likeness (QED) is 0.480. The largest absolute Gasteiger partial charge is 0.333 e. The van der Waals surface area contributed by atoms with Crippen LogP contribution in [0.5, 0.6) is 0 Å². The highest BCUT2D eigenvalue weighted by Crippen LogP contribution is 2.31. The first kappa shape index (κ1) is 11.7. The summed E-state index contributed by atoms with van der Waals surface area (Å²) in [5, 5.41) is 0.491. The van der Waals surface area contributed by atoms with Gasteiger partial charge in [-0.1, -0.05) is 30.3 Å². The van der Waals surface area contributed by atoms with Crippen LogP contribution in [0.2, 0.25) is 0 Å². The first-order valence-electron chi connectivity index (χ1n) is 5.54. The van der Waals surface area contributed by atoms with Crippen LogP contribution < -0.4 is 22.7 Å². The smallest absolute Gasteiger partial charge is 0.282 e. The molecule has 3 aromatic rings. The van der Waals surface area contributed by atoms with Crippen LogP contribution in [0.25, 0.3) is 20.7 Å². The molecule has 5 N–H and O–H groups in total. The number of fused-ring (bicyclic) bond motifs is 1. The van der Waals surface area contributed by atoms with Gasteiger partial charge >= 0.3 is 0 Å². The van der Waals surface area contributed by atoms with E-state index in [0.29, 0.717) is 10.2 Å². The first-order valence-corrected chi connectivity index (χ1v) is 6.36. The van der Waals surface area contributed by atoms with Crippen molar-refractivity contribution in [3.8, 4) is 10.4 Å². The molecule has 0 aliphatic rings. The van der Waals surface area contributed by atoms with Gasteiger partial charge in [0.1, 0.15) is 4.83 Å². The van der Waals surface area contributed by atoms with Gasteiger partial charge in [-0.15, -0.1) is 11.3 Å². The predicted octanol–water partition coefficient (Wildman–Crippen LogP) is 1.12. The summed E-state index contributed by atoms with van der Waals surface area (Å²) in [6.45, 7) is 0. The summed E-state index contributed by atoms with van der Waals surface area (Å²) in [5.41, 5.74) is 3.03. The summed E-state index contributed by atoms with van der Waals surface area (Å²) in [6, 6.07) is 11.6. The molecule has 0 atom stereocenters. The van der Waals surface area contributed by atoms with Crippen molar-refractivity contribution in [3.63, 3.8) is 0 Å². The van der Waals surface area contributed by atoms with Crippen molar-refractivity contribution in [3.05, 3.63) is 46.8 Å². The van der Waals surface area contributed by atoms with Gasteiger partial charge in [-0.05, 0) is 11.6 Å². The van der Waals surface area contributed by atoms with Crippen molar-refractivity contribution in [2.75, 3.05) is 11.3 Å². The molecule has 0 fully saturated rings. The molecule has 0 bridgehead atoms. The molecule has 1 aromatic carbocycles. The number of nitrogens with zero attached hydrogens (tertiary/aromatic N) is 2. The molecule has 2 aromatic heterocycles. The second kappa shape index (κ2) is 4.38. The molecule has 0 amide bonds. The van der Waals surface area contributed by atoms with E-state index in [1.807, 2.05) is 30.3 Å². The third-order valence-electron chi connectivity index (χ3n) is 2.78. The van der Waals surface area contributed by atoms with Gasteiger partial charge in [-0.2, -0.15) is 4.68 Å². The molecular formula is C12H11N5OS. The SMILES string of the molecule is NNc1nc2sc(-c3ccccc3)cc2c(=O)n1N. The molecule has 0 spiro atoms. The number of benzene rings is 1. The lowest BCUT2D eigenvalue weighted by atomic mass is 10.2. The molecule has 3 rings (SSSR count). The van der Waals surface area contributed by atoms with Crippen molar-refractivity contribution in [2.24, 2.45) is 5.84 Å². The predicted molar refractivity (Wildman–Crippen MR) is 77.3 cm³/mol. The van der Waals surface area contributed by atoms with Crippen LogP contribution in [0.3, 0.4) is 0 Å². The summed E-state index contributed by atoms with van der Waals surface area (Å²) < 4.78 is 0.907. The summed E-state index contributed by atoms with van der Waals surface area (Å²) in [7, 11) is 0. The second-order valence-electron chi connectivity index (χ2n) is 3.95. The fourth-order valence-corrected chi connectivity index (χ4v) is 2.87. The number of nitrogens with one attached hydrogen (secondary N) is 1. The minimum absolute atomic E-state index is 0.138. The summed E-state index contributed by atoms with van der Waals surface area (Å²) in [4.78, 5) is 17.9. The highest BCUT2D eigenvalue weighted by molar-refractivity contribution is 7.21. The monoisotopic (exact) mass is 273 g/mol. The third-order valence-corrected chi connectivity index (χ3v) is 3.86. The van der Waals surface area contributed by atoms with Crippen molar-refractivity contribution in [1.29, 1.82) is 0 Å². The number of thiophene rings is 1. The molecule has 0 saturated heterocycles. The van der Waals surface area contributed by atoms with Gasteiger partial charge in [0.25, 0.3) is 5.56 Å². The molecule has 0 aliphatic carbocycles. The average molecular weight is 273 g/mol. The van der Waals surface area contributed by atoms with Crippen LogP contribution in [0.1, 0.15) is 0 Å². The van der Waals surface area contributed by atoms with E-state index in [-0.39, 0.29) is 11.5 Å². The molecule has 19 heavy (non-hydrogen) atoms. The number of nitrogen functional groups attached to an aromatic ring is 2. The Labute approximate surface area is 112 Å². The lowest BCUT2D eigenvalue weighted by Gasteiger charge is -2.04. The van der Waals surface area contributed by atoms with Crippen molar-refractivity contribution >= 4 is 27.5 Å². The summed E-state index contributed by atoms with van der Waals surface area (Å²) in [5.74, 6) is 11.0. The van der Waals surface area contributed by atoms with E-state index in [0.717, 1.165) is 15.1 Å². The van der Waals surface area contributed by atoms with Crippen LogP contribution in [-0.4, -0.2) is 9.66 Å². The number of rotatable bonds is 2. The molecule has 0 aliphatic heterocycles. The van der Waals surface area contributed by atoms with Crippen molar-refractivity contribution in [1.82, 2.24) is 9.66 Å². The third kappa shape index (κ3) is 1.85. The van der Waals surface area contributed by atoms with Crippen LogP contribution in [0, 0.1) is 0 Å². The number of aromatic nitrogens is 2. The molecule has 0 saturated carbocycles. The lowest BCUT2D eigenvalue weighted by molar-refractivity contribution is 0.913. The van der Waals surface area contributed by atoms with E-state index in [1.165, 1.54) is 11.3 Å². The minimum Gasteiger partial charge on any atom is -0.333 e. The lowest BCUT2D eigenvalue weighted by Crippen LogP contribution is -2.32. The molecule has 7 heteroatoms. The van der Waals surface area contributed by atoms with Crippen molar-refractivity contribution < 1.29 is 0 Å². The zero-order valence-corrected chi connectivity index (χ0v) is 10.6. The molecule has 0 unspecified atom stereocenters. The number of hydrazine groups is 1. The molecule has 6 nitrogen and oxygen atoms in total. The fraction of sp³-hybridized carbons (Fsp3) is 0. The van der Waals surface area contributed by atoms with Gasteiger partial charge in [-0.25, -0.2) is 10.8 Å². The second-order valence-corrected chi connectivity index (χ2v) is 4.98. The number of nitrogens with two attached hydrogens (primary N) is 2. The van der Waals surface area contributed by atoms with Gasteiger partial charge in [-0.3, -0.25) is 10.2 Å². The molecule has 2 heterocycles. The Balaban J connectivity index is 2.27. The number of anilines is 1. The van der Waals surface area contributed by atoms with Crippen LogP contribution in [-0.2, 0) is 0 Å². The van der Waals surface area contributed by atoms with Gasteiger partial charge < -0.3 is 5.84 Å². The van der Waals surface area contributed by atoms with E-state index in [2.05, 4.69) is 10.4 Å². The Morgan fingerprint density at radius 1 is 1.26 bits per heavy atom. The standard InChI is InChI=1S/C12H11N5OS/c13-16-12-15-10-8(11(18)17(12)14)6-9(19-10)7-4-2-1-3-5-7/h1-6H,13-14H2,(H,15,16). The van der Waals surface area contributed by atoms with E-state index >= 15 is 0 Å². The zero-order chi connectivity index (χ0) is 13.4. The van der Waals surface area contributed by atoms with E-state index < -0.39 is 0 Å². The maximum atomic E-state index is 12.1. The highest BCUT2D eigenvalue weighted by Gasteiger charge is 2.12. The van der Waals surface area contributed by atoms with E-state index in [9.17, 15) is 4.79 Å². The fourth-order valence-electron chi connectivity index (χ4n) is 1.84. The Hall–Kier alpha value is -2.38. The number of hydrogen-bond acceptors (Lipinski definition) is 6. The normalized spacial score (nSPS) is 10.8. The van der Waals surface area contributed by atoms with Gasteiger partial charge in [0.2, 0.25) is 5.95 Å². The van der Waals surface area contributed by atoms with Crippen molar-refractivity contribution in [2.45, 2.75) is 0 Å².